The summed E-state index contributed by atoms with van der Waals surface area (Å²) in [5.41, 5.74) is 2.36. The van der Waals surface area contributed by atoms with Crippen molar-refractivity contribution in [3.63, 3.8) is 0 Å². The molecular weight excluding hydrogens is 305 g/mol. The van der Waals surface area contributed by atoms with Crippen LogP contribution in [0.1, 0.15) is 29.3 Å². The van der Waals surface area contributed by atoms with Gasteiger partial charge in [0.25, 0.3) is 0 Å². The molecule has 2 aromatic carbocycles. The van der Waals surface area contributed by atoms with Gasteiger partial charge in [-0.05, 0) is 29.8 Å². The molecule has 4 nitrogen and oxygen atoms in total. The van der Waals surface area contributed by atoms with Crippen LogP contribution < -0.4 is 5.32 Å². The first kappa shape index (κ1) is 15.9. The zero-order valence-corrected chi connectivity index (χ0v) is 13.4. The lowest BCUT2D eigenvalue weighted by atomic mass is 10.1. The monoisotopic (exact) mass is 323 g/mol. The second-order valence-corrected chi connectivity index (χ2v) is 5.43. The summed E-state index contributed by atoms with van der Waals surface area (Å²) in [6, 6.07) is 15.9. The van der Waals surface area contributed by atoms with E-state index in [9.17, 15) is 9.18 Å². The highest BCUT2D eigenvalue weighted by molar-refractivity contribution is 6.00. The molecule has 24 heavy (non-hydrogen) atoms. The largest absolute Gasteiger partial charge is 0.364 e. The van der Waals surface area contributed by atoms with Gasteiger partial charge in [-0.1, -0.05) is 37.3 Å². The third-order valence-electron chi connectivity index (χ3n) is 3.73. The Balaban J connectivity index is 1.86. The molecule has 0 saturated carbocycles. The molecule has 0 unspecified atom stereocenters. The van der Waals surface area contributed by atoms with Gasteiger partial charge in [0.2, 0.25) is 0 Å². The average Bonchev–Trinajstić information content (AvgIpc) is 3.05. The van der Waals surface area contributed by atoms with E-state index in [2.05, 4.69) is 10.4 Å². The maximum absolute atomic E-state index is 13.0. The molecule has 1 heterocycles. The predicted molar refractivity (Wildman–Crippen MR) is 91.9 cm³/mol. The fourth-order valence-corrected chi connectivity index (χ4v) is 2.40. The van der Waals surface area contributed by atoms with Gasteiger partial charge < -0.3 is 5.32 Å². The minimum absolute atomic E-state index is 0.0267. The lowest BCUT2D eigenvalue weighted by Gasteiger charge is -2.05. The quantitative estimate of drug-likeness (QED) is 0.691. The number of nitrogens with zero attached hydrogens (tertiary/aromatic N) is 2. The van der Waals surface area contributed by atoms with Crippen LogP contribution in [0.25, 0.3) is 5.69 Å². The smallest absolute Gasteiger partial charge is 0.167 e. The van der Waals surface area contributed by atoms with Crippen LogP contribution in [-0.2, 0) is 6.54 Å². The molecule has 0 atom stereocenters. The number of ketones is 1. The van der Waals surface area contributed by atoms with E-state index in [1.807, 2.05) is 37.3 Å². The van der Waals surface area contributed by atoms with E-state index >= 15 is 0 Å². The molecule has 0 radical (unpaired) electrons. The normalized spacial score (nSPS) is 10.6. The van der Waals surface area contributed by atoms with Crippen LogP contribution in [0.15, 0.2) is 60.8 Å². The lowest BCUT2D eigenvalue weighted by molar-refractivity contribution is 0.0989. The minimum atomic E-state index is -0.269. The molecule has 3 rings (SSSR count). The van der Waals surface area contributed by atoms with E-state index in [0.29, 0.717) is 24.3 Å². The molecule has 122 valence electrons. The highest BCUT2D eigenvalue weighted by Crippen LogP contribution is 2.19. The molecule has 1 N–H and O–H groups in total. The van der Waals surface area contributed by atoms with Crippen molar-refractivity contribution in [3.8, 4) is 5.69 Å². The van der Waals surface area contributed by atoms with Crippen molar-refractivity contribution in [2.75, 3.05) is 5.32 Å². The number of rotatable bonds is 6. The van der Waals surface area contributed by atoms with Crippen molar-refractivity contribution in [1.29, 1.82) is 0 Å². The summed E-state index contributed by atoms with van der Waals surface area (Å²) in [4.78, 5) is 12.2. The van der Waals surface area contributed by atoms with Crippen LogP contribution in [0.4, 0.5) is 10.2 Å². The zero-order valence-electron chi connectivity index (χ0n) is 13.4. The van der Waals surface area contributed by atoms with Crippen molar-refractivity contribution in [1.82, 2.24) is 9.78 Å². The first-order valence-electron chi connectivity index (χ1n) is 7.84. The molecule has 0 amide bonds. The third kappa shape index (κ3) is 3.51. The van der Waals surface area contributed by atoms with E-state index in [0.717, 1.165) is 11.3 Å². The highest BCUT2D eigenvalue weighted by Gasteiger charge is 2.15. The van der Waals surface area contributed by atoms with Crippen LogP contribution in [0.5, 0.6) is 0 Å². The van der Waals surface area contributed by atoms with Gasteiger partial charge in [0, 0.05) is 19.2 Å². The number of anilines is 1. The van der Waals surface area contributed by atoms with Gasteiger partial charge in [0.1, 0.15) is 5.82 Å². The summed E-state index contributed by atoms with van der Waals surface area (Å²) in [5.74, 6) is 0.294. The van der Waals surface area contributed by atoms with Crippen molar-refractivity contribution in [2.24, 2.45) is 0 Å². The molecule has 5 heteroatoms. The van der Waals surface area contributed by atoms with Gasteiger partial charge in [-0.3, -0.25) is 4.79 Å². The molecule has 0 aliphatic heterocycles. The van der Waals surface area contributed by atoms with Crippen LogP contribution in [-0.4, -0.2) is 15.6 Å². The van der Waals surface area contributed by atoms with Crippen LogP contribution in [0.2, 0.25) is 0 Å². The van der Waals surface area contributed by atoms with Crippen molar-refractivity contribution >= 4 is 11.6 Å². The van der Waals surface area contributed by atoms with Gasteiger partial charge in [0.15, 0.2) is 11.6 Å². The number of Topliss-reactive ketones (excluding diaryl/α,β-unsaturated/α-hetero) is 1. The predicted octanol–water partition coefficient (Wildman–Crippen LogP) is 4.22. The Bertz CT molecular complexity index is 826. The van der Waals surface area contributed by atoms with E-state index in [1.54, 1.807) is 23.0 Å². The van der Waals surface area contributed by atoms with E-state index in [4.69, 9.17) is 0 Å². The zero-order chi connectivity index (χ0) is 16.9. The first-order chi connectivity index (χ1) is 11.7. The Morgan fingerprint density at radius 1 is 1.12 bits per heavy atom. The number of hydrogen-bond acceptors (Lipinski definition) is 3. The number of benzene rings is 2. The number of hydrogen-bond donors (Lipinski definition) is 1. The van der Waals surface area contributed by atoms with Gasteiger partial charge in [0.05, 0.1) is 11.3 Å². The van der Waals surface area contributed by atoms with Gasteiger partial charge in [-0.25, -0.2) is 9.07 Å². The van der Waals surface area contributed by atoms with Crippen LogP contribution in [0, 0.1) is 5.82 Å². The molecule has 0 saturated heterocycles. The number of aromatic nitrogens is 2. The van der Waals surface area contributed by atoms with Crippen LogP contribution in [0.3, 0.4) is 0 Å². The molecule has 0 aliphatic rings. The second kappa shape index (κ2) is 7.08. The average molecular weight is 323 g/mol. The fourth-order valence-electron chi connectivity index (χ4n) is 2.40. The van der Waals surface area contributed by atoms with E-state index in [1.165, 1.54) is 12.1 Å². The standard InChI is InChI=1S/C19H18FN3O/c1-2-18(24)17-13-23(16-6-4-3-5-7-16)22-19(17)21-12-14-8-10-15(20)11-9-14/h3-11,13H,2,12H2,1H3,(H,21,22). The molecule has 0 fully saturated rings. The fraction of sp³-hybridized carbons (Fsp3) is 0.158. The van der Waals surface area contributed by atoms with Crippen molar-refractivity contribution in [3.05, 3.63) is 77.7 Å². The molecule has 0 bridgehead atoms. The summed E-state index contributed by atoms with van der Waals surface area (Å²) >= 11 is 0. The number of nitrogens with one attached hydrogen (secondary N) is 1. The van der Waals surface area contributed by atoms with Crippen molar-refractivity contribution < 1.29 is 9.18 Å². The Morgan fingerprint density at radius 2 is 1.83 bits per heavy atom. The topological polar surface area (TPSA) is 46.9 Å². The lowest BCUT2D eigenvalue weighted by Crippen LogP contribution is -2.05. The Labute approximate surface area is 139 Å². The number of para-hydroxylation sites is 1. The van der Waals surface area contributed by atoms with Gasteiger partial charge in [-0.15, -0.1) is 5.10 Å². The highest BCUT2D eigenvalue weighted by atomic mass is 19.1. The molecular formula is C19H18FN3O. The molecule has 1 aromatic heterocycles. The summed E-state index contributed by atoms with van der Waals surface area (Å²) < 4.78 is 14.7. The summed E-state index contributed by atoms with van der Waals surface area (Å²) in [5, 5.41) is 7.67. The Morgan fingerprint density at radius 3 is 2.50 bits per heavy atom. The third-order valence-corrected chi connectivity index (χ3v) is 3.73. The summed E-state index contributed by atoms with van der Waals surface area (Å²) in [6.07, 6.45) is 2.15. The summed E-state index contributed by atoms with van der Waals surface area (Å²) in [7, 11) is 0. The summed E-state index contributed by atoms with van der Waals surface area (Å²) in [6.45, 7) is 2.29. The van der Waals surface area contributed by atoms with Gasteiger partial charge in [-0.2, -0.15) is 0 Å². The molecule has 3 aromatic rings. The van der Waals surface area contributed by atoms with E-state index < -0.39 is 0 Å². The Kier molecular flexibility index (Phi) is 4.70. The maximum atomic E-state index is 13.0. The molecule has 0 spiro atoms. The minimum Gasteiger partial charge on any atom is -0.364 e. The van der Waals surface area contributed by atoms with Crippen LogP contribution >= 0.6 is 0 Å². The molecule has 0 aliphatic carbocycles. The number of carbonyl (C=O) groups is 1. The number of carbonyl (C=O) groups excluding carboxylic acids is 1. The van der Waals surface area contributed by atoms with E-state index in [-0.39, 0.29) is 11.6 Å². The van der Waals surface area contributed by atoms with Crippen molar-refractivity contribution in [2.45, 2.75) is 19.9 Å². The first-order valence-corrected chi connectivity index (χ1v) is 7.84. The Hall–Kier alpha value is -2.95. The van der Waals surface area contributed by atoms with Gasteiger partial charge >= 0.3 is 0 Å². The SMILES string of the molecule is CCC(=O)c1cn(-c2ccccc2)nc1NCc1ccc(F)cc1. The number of halogens is 1. The maximum Gasteiger partial charge on any atom is 0.167 e. The second-order valence-electron chi connectivity index (χ2n) is 5.43.